The van der Waals surface area contributed by atoms with Gasteiger partial charge in [0, 0.05) is 46.0 Å². The molecule has 0 aliphatic carbocycles. The topological polar surface area (TPSA) is 109 Å². The van der Waals surface area contributed by atoms with Crippen molar-refractivity contribution in [2.75, 3.05) is 25.1 Å². The number of benzene rings is 3. The van der Waals surface area contributed by atoms with E-state index in [9.17, 15) is 0 Å². The minimum atomic E-state index is -1.32. The second-order valence-electron chi connectivity index (χ2n) is 13.4. The highest BCUT2D eigenvalue weighted by Crippen LogP contribution is 2.37. The van der Waals surface area contributed by atoms with Gasteiger partial charge in [0.1, 0.15) is 28.9 Å². The van der Waals surface area contributed by atoms with E-state index in [-0.39, 0.29) is 17.4 Å². The van der Waals surface area contributed by atoms with Gasteiger partial charge < -0.3 is 19.2 Å². The predicted molar refractivity (Wildman–Crippen MR) is 207 cm³/mol. The van der Waals surface area contributed by atoms with Crippen LogP contribution in [-0.4, -0.2) is 58.6 Å². The first kappa shape index (κ1) is 36.9. The summed E-state index contributed by atoms with van der Waals surface area (Å²) in [5.41, 5.74) is 1.88. The van der Waals surface area contributed by atoms with Gasteiger partial charge in [-0.2, -0.15) is 5.10 Å². The summed E-state index contributed by atoms with van der Waals surface area (Å²) >= 11 is 1.49. The average Bonchev–Trinajstić information content (AvgIpc) is 3.48. The minimum absolute atomic E-state index is 0.180. The van der Waals surface area contributed by atoms with Gasteiger partial charge in [0.05, 0.1) is 31.5 Å². The number of hydrogen-bond acceptors (Lipinski definition) is 10. The Bertz CT molecular complexity index is 2130. The lowest BCUT2D eigenvalue weighted by Crippen LogP contribution is -2.26. The van der Waals surface area contributed by atoms with Gasteiger partial charge in [-0.05, 0) is 55.8 Å². The lowest BCUT2D eigenvalue weighted by atomic mass is 10.1. The number of hydrogen-bond donors (Lipinski definition) is 1. The SMILES string of the molecule is CCOc1cc(F)c(Cn2nc(-c3ncc(OCCCO[SiH](C)C(C)(C)C)c(Nc4ccnc(C)n4)n3)c3ccccc32)c(Sc2ccccc2)c1. The molecule has 0 fully saturated rings. The molecule has 0 spiro atoms. The number of halogens is 1. The van der Waals surface area contributed by atoms with Crippen LogP contribution in [0.3, 0.4) is 0 Å². The molecule has 13 heteroatoms. The summed E-state index contributed by atoms with van der Waals surface area (Å²) in [4.78, 5) is 20.1. The zero-order valence-corrected chi connectivity index (χ0v) is 32.4. The van der Waals surface area contributed by atoms with Gasteiger partial charge in [0.2, 0.25) is 0 Å². The molecule has 0 radical (unpaired) electrons. The van der Waals surface area contributed by atoms with Gasteiger partial charge in [-0.3, -0.25) is 4.68 Å². The summed E-state index contributed by atoms with van der Waals surface area (Å²) in [6.45, 7) is 14.3. The van der Waals surface area contributed by atoms with Crippen LogP contribution in [-0.2, 0) is 11.0 Å². The van der Waals surface area contributed by atoms with Crippen molar-refractivity contribution >= 4 is 43.3 Å². The van der Waals surface area contributed by atoms with Crippen molar-refractivity contribution < 1.29 is 18.3 Å². The van der Waals surface area contributed by atoms with Gasteiger partial charge in [0.25, 0.3) is 0 Å². The fraction of sp³-hybridized carbons (Fsp3) is 0.308. The van der Waals surface area contributed by atoms with Crippen LogP contribution in [0.5, 0.6) is 11.5 Å². The largest absolute Gasteiger partial charge is 0.494 e. The number of nitrogens with zero attached hydrogens (tertiary/aromatic N) is 6. The van der Waals surface area contributed by atoms with Crippen molar-refractivity contribution in [3.05, 3.63) is 102 Å². The number of aryl methyl sites for hydroxylation is 1. The van der Waals surface area contributed by atoms with Crippen molar-refractivity contribution in [1.29, 1.82) is 0 Å². The van der Waals surface area contributed by atoms with Crippen molar-refractivity contribution in [2.24, 2.45) is 0 Å². The Hall–Kier alpha value is -4.85. The molecule has 1 atom stereocenters. The standard InChI is InChI=1S/C39H44FN7O3SSi/c1-7-48-27-22-31(40)30(34(23-27)51-28-14-9-8-10-15-28)25-47-32-17-12-11-16-29(32)36(46-47)38-42-24-33(49-20-13-21-50-52(6)39(3,4)5)37(45-38)44-35-18-19-41-26(2)43-35/h8-12,14-19,22-24,52H,7,13,20-21,25H2,1-6H3,(H,41,42,43,44,45). The summed E-state index contributed by atoms with van der Waals surface area (Å²) < 4.78 is 35.8. The first-order valence-corrected chi connectivity index (χ1v) is 20.4. The maximum Gasteiger partial charge on any atom is 0.183 e. The maximum atomic E-state index is 15.9. The highest BCUT2D eigenvalue weighted by atomic mass is 32.2. The third kappa shape index (κ3) is 9.13. The van der Waals surface area contributed by atoms with Gasteiger partial charge in [0.15, 0.2) is 26.4 Å². The Kier molecular flexibility index (Phi) is 11.8. The Morgan fingerprint density at radius 2 is 1.73 bits per heavy atom. The van der Waals surface area contributed by atoms with E-state index < -0.39 is 9.04 Å². The van der Waals surface area contributed by atoms with E-state index in [4.69, 9.17) is 29.0 Å². The Morgan fingerprint density at radius 3 is 2.50 bits per heavy atom. The molecule has 6 rings (SSSR count). The molecular weight excluding hydrogens is 694 g/mol. The van der Waals surface area contributed by atoms with E-state index in [1.165, 1.54) is 17.8 Å². The van der Waals surface area contributed by atoms with Crippen LogP contribution in [0.15, 0.2) is 95.0 Å². The van der Waals surface area contributed by atoms with Gasteiger partial charge in [-0.25, -0.2) is 24.3 Å². The van der Waals surface area contributed by atoms with Crippen molar-refractivity contribution in [3.63, 3.8) is 0 Å². The van der Waals surface area contributed by atoms with Crippen molar-refractivity contribution in [3.8, 4) is 23.0 Å². The van der Waals surface area contributed by atoms with E-state index >= 15 is 4.39 Å². The molecule has 0 aliphatic heterocycles. The molecule has 0 bridgehead atoms. The third-order valence-corrected chi connectivity index (χ3v) is 12.8. The number of rotatable bonds is 15. The van der Waals surface area contributed by atoms with E-state index in [0.717, 1.165) is 27.1 Å². The zero-order valence-electron chi connectivity index (χ0n) is 30.4. The fourth-order valence-electron chi connectivity index (χ4n) is 5.34. The smallest absolute Gasteiger partial charge is 0.183 e. The van der Waals surface area contributed by atoms with Crippen molar-refractivity contribution in [1.82, 2.24) is 29.7 Å². The molecule has 3 aromatic carbocycles. The molecule has 0 saturated heterocycles. The molecule has 6 aromatic rings. The molecule has 52 heavy (non-hydrogen) atoms. The van der Waals surface area contributed by atoms with Crippen LogP contribution in [0, 0.1) is 12.7 Å². The molecule has 1 N–H and O–H groups in total. The zero-order chi connectivity index (χ0) is 36.7. The summed E-state index contributed by atoms with van der Waals surface area (Å²) in [6.07, 6.45) is 4.06. The normalized spacial score (nSPS) is 12.2. The molecular formula is C39H44FN7O3SSi. The number of fused-ring (bicyclic) bond motifs is 1. The molecule has 3 aromatic heterocycles. The third-order valence-electron chi connectivity index (χ3n) is 8.50. The van der Waals surface area contributed by atoms with Crippen LogP contribution in [0.25, 0.3) is 22.4 Å². The van der Waals surface area contributed by atoms with Gasteiger partial charge in [-0.1, -0.05) is 68.9 Å². The van der Waals surface area contributed by atoms with Gasteiger partial charge in [-0.15, -0.1) is 0 Å². The molecule has 10 nitrogen and oxygen atoms in total. The summed E-state index contributed by atoms with van der Waals surface area (Å²) in [6, 6.07) is 22.8. The van der Waals surface area contributed by atoms with Crippen LogP contribution in [0.4, 0.5) is 16.0 Å². The maximum absolute atomic E-state index is 15.9. The molecule has 1 unspecified atom stereocenters. The summed E-state index contributed by atoms with van der Waals surface area (Å²) in [5, 5.41) is 9.32. The second-order valence-corrected chi connectivity index (χ2v) is 17.8. The van der Waals surface area contributed by atoms with Crippen molar-refractivity contribution in [2.45, 2.75) is 69.0 Å². The quantitative estimate of drug-likeness (QED) is 0.0810. The van der Waals surface area contributed by atoms with Crippen LogP contribution in [0.1, 0.15) is 45.5 Å². The first-order chi connectivity index (χ1) is 25.1. The number of anilines is 2. The predicted octanol–water partition coefficient (Wildman–Crippen LogP) is 9.01. The average molecular weight is 738 g/mol. The van der Waals surface area contributed by atoms with Crippen LogP contribution < -0.4 is 14.8 Å². The number of nitrogens with one attached hydrogen (secondary N) is 1. The van der Waals surface area contributed by atoms with E-state index in [1.807, 2.05) is 74.5 Å². The Balaban J connectivity index is 1.33. The number of aromatic nitrogens is 6. The lowest BCUT2D eigenvalue weighted by molar-refractivity contribution is 0.242. The molecule has 0 saturated carbocycles. The highest BCUT2D eigenvalue weighted by molar-refractivity contribution is 7.99. The van der Waals surface area contributed by atoms with Crippen LogP contribution >= 0.6 is 11.8 Å². The monoisotopic (exact) mass is 737 g/mol. The number of para-hydroxylation sites is 1. The summed E-state index contributed by atoms with van der Waals surface area (Å²) in [5.74, 6) is 2.61. The second kappa shape index (κ2) is 16.7. The molecule has 0 amide bonds. The van der Waals surface area contributed by atoms with E-state index in [1.54, 1.807) is 23.1 Å². The molecule has 0 aliphatic rings. The minimum Gasteiger partial charge on any atom is -0.494 e. The highest BCUT2D eigenvalue weighted by Gasteiger charge is 2.23. The van der Waals surface area contributed by atoms with Crippen LogP contribution in [0.2, 0.25) is 11.6 Å². The first-order valence-electron chi connectivity index (χ1n) is 17.4. The lowest BCUT2D eigenvalue weighted by Gasteiger charge is -2.25. The molecule has 270 valence electrons. The Labute approximate surface area is 309 Å². The number of ether oxygens (including phenoxy) is 2. The summed E-state index contributed by atoms with van der Waals surface area (Å²) in [7, 11) is -1.32. The fourth-order valence-corrected chi connectivity index (χ4v) is 7.37. The Morgan fingerprint density at radius 1 is 0.942 bits per heavy atom. The molecule has 3 heterocycles. The van der Waals surface area contributed by atoms with Gasteiger partial charge >= 0.3 is 0 Å². The van der Waals surface area contributed by atoms with E-state index in [0.29, 0.717) is 65.9 Å². The van der Waals surface area contributed by atoms with E-state index in [2.05, 4.69) is 42.6 Å².